The standard InChI is InChI=1S/C13H22N4/c1-4-5-11-10-8-14-9-12(10)16-13(15-11)6-7-17(2)3/h14H,4-9H2,1-3H3. The fourth-order valence-corrected chi connectivity index (χ4v) is 2.17. The van der Waals surface area contributed by atoms with Gasteiger partial charge in [0, 0.05) is 37.3 Å². The monoisotopic (exact) mass is 234 g/mol. The summed E-state index contributed by atoms with van der Waals surface area (Å²) in [6, 6.07) is 0. The van der Waals surface area contributed by atoms with Crippen LogP contribution in [0.3, 0.4) is 0 Å². The molecule has 0 spiro atoms. The Morgan fingerprint density at radius 3 is 2.71 bits per heavy atom. The van der Waals surface area contributed by atoms with E-state index in [0.29, 0.717) is 0 Å². The largest absolute Gasteiger partial charge is 0.309 e. The second-order valence-electron chi connectivity index (χ2n) is 4.92. The number of hydrogen-bond donors (Lipinski definition) is 1. The molecule has 17 heavy (non-hydrogen) atoms. The number of likely N-dealkylation sites (N-methyl/N-ethyl adjacent to an activating group) is 1. The van der Waals surface area contributed by atoms with Gasteiger partial charge in [0.05, 0.1) is 5.69 Å². The summed E-state index contributed by atoms with van der Waals surface area (Å²) < 4.78 is 0. The van der Waals surface area contributed by atoms with E-state index in [1.807, 2.05) is 0 Å². The molecule has 1 N–H and O–H groups in total. The topological polar surface area (TPSA) is 41.1 Å². The van der Waals surface area contributed by atoms with Gasteiger partial charge in [-0.25, -0.2) is 9.97 Å². The SMILES string of the molecule is CCCc1nc(CCN(C)C)nc2c1CNC2. The van der Waals surface area contributed by atoms with Gasteiger partial charge >= 0.3 is 0 Å². The molecule has 0 aliphatic carbocycles. The average molecular weight is 234 g/mol. The van der Waals surface area contributed by atoms with Crippen LogP contribution < -0.4 is 5.32 Å². The molecule has 1 aliphatic heterocycles. The maximum atomic E-state index is 4.73. The van der Waals surface area contributed by atoms with E-state index in [0.717, 1.165) is 44.7 Å². The smallest absolute Gasteiger partial charge is 0.130 e. The molecule has 0 saturated carbocycles. The summed E-state index contributed by atoms with van der Waals surface area (Å²) >= 11 is 0. The molecule has 0 atom stereocenters. The zero-order chi connectivity index (χ0) is 12.3. The van der Waals surface area contributed by atoms with Crippen molar-refractivity contribution in [3.8, 4) is 0 Å². The van der Waals surface area contributed by atoms with Crippen LogP contribution in [-0.4, -0.2) is 35.5 Å². The van der Waals surface area contributed by atoms with E-state index in [2.05, 4.69) is 36.2 Å². The number of nitrogens with zero attached hydrogens (tertiary/aromatic N) is 3. The van der Waals surface area contributed by atoms with E-state index in [4.69, 9.17) is 4.98 Å². The lowest BCUT2D eigenvalue weighted by Gasteiger charge is -2.11. The van der Waals surface area contributed by atoms with Crippen LogP contribution in [0.25, 0.3) is 0 Å². The van der Waals surface area contributed by atoms with Crippen LogP contribution in [0.15, 0.2) is 0 Å². The van der Waals surface area contributed by atoms with Crippen LogP contribution in [0.4, 0.5) is 0 Å². The predicted molar refractivity (Wildman–Crippen MR) is 68.8 cm³/mol. The van der Waals surface area contributed by atoms with Gasteiger partial charge in [-0.2, -0.15) is 0 Å². The molecule has 0 saturated heterocycles. The van der Waals surface area contributed by atoms with E-state index in [9.17, 15) is 0 Å². The summed E-state index contributed by atoms with van der Waals surface area (Å²) in [5.74, 6) is 1.00. The molecule has 0 fully saturated rings. The first-order valence-corrected chi connectivity index (χ1v) is 6.43. The van der Waals surface area contributed by atoms with Crippen LogP contribution in [0.5, 0.6) is 0 Å². The van der Waals surface area contributed by atoms with Gasteiger partial charge in [0.25, 0.3) is 0 Å². The summed E-state index contributed by atoms with van der Waals surface area (Å²) in [6.45, 7) is 5.07. The summed E-state index contributed by atoms with van der Waals surface area (Å²) in [5.41, 5.74) is 3.83. The van der Waals surface area contributed by atoms with Gasteiger partial charge in [-0.1, -0.05) is 13.3 Å². The predicted octanol–water partition coefficient (Wildman–Crippen LogP) is 1.14. The van der Waals surface area contributed by atoms with Crippen molar-refractivity contribution < 1.29 is 0 Å². The summed E-state index contributed by atoms with van der Waals surface area (Å²) in [7, 11) is 4.17. The third-order valence-corrected chi connectivity index (χ3v) is 3.09. The van der Waals surface area contributed by atoms with Gasteiger partial charge in [0.15, 0.2) is 0 Å². The molecule has 0 bridgehead atoms. The molecule has 4 nitrogen and oxygen atoms in total. The highest BCUT2D eigenvalue weighted by Gasteiger charge is 2.18. The summed E-state index contributed by atoms with van der Waals surface area (Å²) in [6.07, 6.45) is 3.16. The van der Waals surface area contributed by atoms with Crippen molar-refractivity contribution in [2.75, 3.05) is 20.6 Å². The molecule has 0 radical (unpaired) electrons. The van der Waals surface area contributed by atoms with Gasteiger partial charge in [-0.15, -0.1) is 0 Å². The first-order chi connectivity index (χ1) is 8.20. The number of rotatable bonds is 5. The minimum Gasteiger partial charge on any atom is -0.309 e. The first kappa shape index (κ1) is 12.5. The van der Waals surface area contributed by atoms with Crippen molar-refractivity contribution in [3.63, 3.8) is 0 Å². The minimum absolute atomic E-state index is 0.906. The number of hydrogen-bond acceptors (Lipinski definition) is 4. The molecule has 1 aliphatic rings. The molecule has 1 aromatic rings. The van der Waals surface area contributed by atoms with Gasteiger partial charge < -0.3 is 10.2 Å². The summed E-state index contributed by atoms with van der Waals surface area (Å²) in [4.78, 5) is 11.6. The Bertz CT molecular complexity index is 387. The van der Waals surface area contributed by atoms with Gasteiger partial charge in [0.1, 0.15) is 5.82 Å². The molecular formula is C13H22N4. The zero-order valence-electron chi connectivity index (χ0n) is 11.1. The van der Waals surface area contributed by atoms with E-state index >= 15 is 0 Å². The molecule has 4 heteroatoms. The Morgan fingerprint density at radius 2 is 2.00 bits per heavy atom. The van der Waals surface area contributed by atoms with Crippen molar-refractivity contribution in [2.24, 2.45) is 0 Å². The van der Waals surface area contributed by atoms with Crippen molar-refractivity contribution >= 4 is 0 Å². The van der Waals surface area contributed by atoms with Crippen molar-refractivity contribution in [2.45, 2.75) is 39.3 Å². The van der Waals surface area contributed by atoms with Crippen LogP contribution in [0, 0.1) is 0 Å². The first-order valence-electron chi connectivity index (χ1n) is 6.43. The maximum Gasteiger partial charge on any atom is 0.130 e. The lowest BCUT2D eigenvalue weighted by Crippen LogP contribution is -2.17. The number of fused-ring (bicyclic) bond motifs is 1. The lowest BCUT2D eigenvalue weighted by molar-refractivity contribution is 0.409. The van der Waals surface area contributed by atoms with E-state index in [1.165, 1.54) is 17.0 Å². The number of aromatic nitrogens is 2. The van der Waals surface area contributed by atoms with Crippen molar-refractivity contribution in [3.05, 3.63) is 22.8 Å². The van der Waals surface area contributed by atoms with E-state index < -0.39 is 0 Å². The normalized spacial score (nSPS) is 14.4. The fourth-order valence-electron chi connectivity index (χ4n) is 2.17. The third kappa shape index (κ3) is 3.01. The van der Waals surface area contributed by atoms with E-state index in [1.54, 1.807) is 0 Å². The third-order valence-electron chi connectivity index (χ3n) is 3.09. The molecule has 2 heterocycles. The molecule has 0 amide bonds. The molecule has 94 valence electrons. The number of aryl methyl sites for hydroxylation is 1. The molecule has 0 unspecified atom stereocenters. The van der Waals surface area contributed by atoms with Gasteiger partial charge in [0.2, 0.25) is 0 Å². The summed E-state index contributed by atoms with van der Waals surface area (Å²) in [5, 5.41) is 3.37. The van der Waals surface area contributed by atoms with Crippen LogP contribution in [-0.2, 0) is 25.9 Å². The lowest BCUT2D eigenvalue weighted by atomic mass is 10.1. The van der Waals surface area contributed by atoms with E-state index in [-0.39, 0.29) is 0 Å². The zero-order valence-corrected chi connectivity index (χ0v) is 11.1. The average Bonchev–Trinajstić information content (AvgIpc) is 2.75. The molecule has 2 rings (SSSR count). The highest BCUT2D eigenvalue weighted by atomic mass is 15.1. The van der Waals surface area contributed by atoms with Crippen LogP contribution in [0.1, 0.15) is 36.1 Å². The maximum absolute atomic E-state index is 4.73. The molecule has 1 aromatic heterocycles. The Balaban J connectivity index is 2.20. The Hall–Kier alpha value is -1.00. The molecular weight excluding hydrogens is 212 g/mol. The Morgan fingerprint density at radius 1 is 1.18 bits per heavy atom. The van der Waals surface area contributed by atoms with Crippen LogP contribution in [0.2, 0.25) is 0 Å². The number of nitrogens with one attached hydrogen (secondary N) is 1. The van der Waals surface area contributed by atoms with Gasteiger partial charge in [-0.3, -0.25) is 0 Å². The fraction of sp³-hybridized carbons (Fsp3) is 0.692. The highest BCUT2D eigenvalue weighted by Crippen LogP contribution is 2.18. The van der Waals surface area contributed by atoms with Crippen LogP contribution >= 0.6 is 0 Å². The molecule has 0 aromatic carbocycles. The highest BCUT2D eigenvalue weighted by molar-refractivity contribution is 5.29. The van der Waals surface area contributed by atoms with Crippen molar-refractivity contribution in [1.82, 2.24) is 20.2 Å². The second kappa shape index (κ2) is 5.56. The van der Waals surface area contributed by atoms with Crippen molar-refractivity contribution in [1.29, 1.82) is 0 Å². The Labute approximate surface area is 103 Å². The minimum atomic E-state index is 0.906. The second-order valence-corrected chi connectivity index (χ2v) is 4.92. The quantitative estimate of drug-likeness (QED) is 0.829. The Kier molecular flexibility index (Phi) is 4.07. The van der Waals surface area contributed by atoms with Gasteiger partial charge in [-0.05, 0) is 20.5 Å².